The molecule has 1 atom stereocenters. The van der Waals surface area contributed by atoms with Crippen LogP contribution < -0.4 is 5.73 Å². The minimum atomic E-state index is -0.445. The molecule has 0 aromatic carbocycles. The fourth-order valence-corrected chi connectivity index (χ4v) is 3.40. The van der Waals surface area contributed by atoms with Crippen LogP contribution in [0.4, 0.5) is 0 Å². The summed E-state index contributed by atoms with van der Waals surface area (Å²) in [5.74, 6) is 0.776. The van der Waals surface area contributed by atoms with Crippen LogP contribution in [0.5, 0.6) is 0 Å². The van der Waals surface area contributed by atoms with E-state index in [1.54, 1.807) is 6.20 Å². The van der Waals surface area contributed by atoms with Crippen molar-refractivity contribution in [2.45, 2.75) is 32.2 Å². The molecule has 0 aliphatic heterocycles. The summed E-state index contributed by atoms with van der Waals surface area (Å²) in [5, 5.41) is 0. The molecule has 0 aliphatic carbocycles. The second-order valence-electron chi connectivity index (χ2n) is 4.55. The summed E-state index contributed by atoms with van der Waals surface area (Å²) in [7, 11) is 0. The molecule has 0 amide bonds. The van der Waals surface area contributed by atoms with Crippen molar-refractivity contribution in [3.63, 3.8) is 0 Å². The van der Waals surface area contributed by atoms with E-state index in [9.17, 15) is 0 Å². The number of rotatable bonds is 4. The van der Waals surface area contributed by atoms with Gasteiger partial charge in [0.2, 0.25) is 0 Å². The summed E-state index contributed by atoms with van der Waals surface area (Å²) in [6.07, 6.45) is 3.63. The molecule has 2 heterocycles. The molecule has 3 N–H and O–H groups in total. The maximum atomic E-state index is 6.23. The van der Waals surface area contributed by atoms with E-state index in [1.807, 2.05) is 13.0 Å². The summed E-state index contributed by atoms with van der Waals surface area (Å²) in [4.78, 5) is 7.59. The Bertz CT molecular complexity index is 545. The first-order valence-corrected chi connectivity index (χ1v) is 7.31. The van der Waals surface area contributed by atoms with Gasteiger partial charge >= 0.3 is 0 Å². The van der Waals surface area contributed by atoms with Crippen molar-refractivity contribution >= 4 is 34.5 Å². The molecule has 0 saturated carbocycles. The second-order valence-corrected chi connectivity index (χ2v) is 6.84. The third-order valence-electron chi connectivity index (χ3n) is 2.83. The van der Waals surface area contributed by atoms with Gasteiger partial charge in [-0.3, -0.25) is 0 Å². The average molecular weight is 304 g/mol. The number of H-pyrrole nitrogens is 1. The second kappa shape index (κ2) is 5.21. The van der Waals surface area contributed by atoms with Crippen molar-refractivity contribution in [1.82, 2.24) is 9.97 Å². The number of imidazole rings is 1. The van der Waals surface area contributed by atoms with Crippen molar-refractivity contribution in [2.24, 2.45) is 5.73 Å². The van der Waals surface area contributed by atoms with Crippen LogP contribution in [0.1, 0.15) is 32.5 Å². The minimum Gasteiger partial charge on any atom is -0.340 e. The Hall–Kier alpha value is -0.550. The number of nitrogens with two attached hydrogens (primary N) is 1. The van der Waals surface area contributed by atoms with Gasteiger partial charge in [-0.25, -0.2) is 4.98 Å². The number of hydrogen-bond acceptors (Lipinski definition) is 3. The van der Waals surface area contributed by atoms with Crippen LogP contribution in [-0.4, -0.2) is 9.97 Å². The molecule has 0 radical (unpaired) electrons. The third kappa shape index (κ3) is 2.72. The molecular formula is C12H15Cl2N3S. The summed E-state index contributed by atoms with van der Waals surface area (Å²) < 4.78 is 1.32. The highest BCUT2D eigenvalue weighted by atomic mass is 35.5. The lowest BCUT2D eigenvalue weighted by molar-refractivity contribution is 0.423. The first-order chi connectivity index (χ1) is 8.44. The van der Waals surface area contributed by atoms with Crippen molar-refractivity contribution in [1.29, 1.82) is 0 Å². The Morgan fingerprint density at radius 1 is 1.50 bits per heavy atom. The summed E-state index contributed by atoms with van der Waals surface area (Å²) in [6.45, 7) is 4.08. The highest BCUT2D eigenvalue weighted by Crippen LogP contribution is 2.37. The van der Waals surface area contributed by atoms with E-state index >= 15 is 0 Å². The van der Waals surface area contributed by atoms with Gasteiger partial charge in [0.05, 0.1) is 21.8 Å². The normalized spacial score (nSPS) is 14.7. The summed E-state index contributed by atoms with van der Waals surface area (Å²) in [6, 6.07) is 1.83. The fraction of sp³-hybridized carbons (Fsp3) is 0.417. The Balaban J connectivity index is 2.34. The van der Waals surface area contributed by atoms with E-state index in [2.05, 4.69) is 16.9 Å². The topological polar surface area (TPSA) is 54.7 Å². The highest BCUT2D eigenvalue weighted by Gasteiger charge is 2.24. The van der Waals surface area contributed by atoms with Gasteiger partial charge in [-0.1, -0.05) is 36.5 Å². The standard InChI is InChI=1S/C12H15Cl2N3S/c1-3-4-12(2,15)11-16-6-8(17-11)7-5-9(13)18-10(7)14/h5-6H,3-4,15H2,1-2H3,(H,16,17). The first kappa shape index (κ1) is 13.9. The third-order valence-corrected chi connectivity index (χ3v) is 4.32. The van der Waals surface area contributed by atoms with E-state index in [0.717, 1.165) is 29.9 Å². The van der Waals surface area contributed by atoms with Crippen molar-refractivity contribution in [3.05, 3.63) is 26.8 Å². The minimum absolute atomic E-state index is 0.445. The Labute approximate surface area is 120 Å². The predicted octanol–water partition coefficient (Wildman–Crippen LogP) is 4.42. The van der Waals surface area contributed by atoms with Gasteiger partial charge in [-0.15, -0.1) is 11.3 Å². The lowest BCUT2D eigenvalue weighted by atomic mass is 9.97. The van der Waals surface area contributed by atoms with Gasteiger partial charge in [0.15, 0.2) is 0 Å². The SMILES string of the molecule is CCCC(C)(N)c1ncc(-c2cc(Cl)sc2Cl)[nH]1. The molecule has 2 rings (SSSR count). The molecule has 0 saturated heterocycles. The zero-order valence-electron chi connectivity index (χ0n) is 10.3. The largest absolute Gasteiger partial charge is 0.340 e. The zero-order valence-corrected chi connectivity index (χ0v) is 12.6. The maximum absolute atomic E-state index is 6.23. The van der Waals surface area contributed by atoms with E-state index in [1.165, 1.54) is 11.3 Å². The van der Waals surface area contributed by atoms with Crippen molar-refractivity contribution < 1.29 is 0 Å². The Morgan fingerprint density at radius 2 is 2.22 bits per heavy atom. The van der Waals surface area contributed by atoms with Gasteiger partial charge in [0, 0.05) is 5.56 Å². The molecule has 2 aromatic heterocycles. The molecule has 1 unspecified atom stereocenters. The van der Waals surface area contributed by atoms with Gasteiger partial charge in [0.25, 0.3) is 0 Å². The number of aromatic amines is 1. The number of nitrogens with one attached hydrogen (secondary N) is 1. The number of halogens is 2. The van der Waals surface area contributed by atoms with Gasteiger partial charge in [-0.2, -0.15) is 0 Å². The molecule has 98 valence electrons. The molecule has 6 heteroatoms. The maximum Gasteiger partial charge on any atom is 0.126 e. The number of aromatic nitrogens is 2. The lowest BCUT2D eigenvalue weighted by Gasteiger charge is -2.21. The summed E-state index contributed by atoms with van der Waals surface area (Å²) >= 11 is 13.4. The van der Waals surface area contributed by atoms with Crippen LogP contribution in [0.15, 0.2) is 12.3 Å². The van der Waals surface area contributed by atoms with Gasteiger partial charge in [-0.05, 0) is 19.4 Å². The molecule has 0 spiro atoms. The molecule has 0 fully saturated rings. The first-order valence-electron chi connectivity index (χ1n) is 5.73. The van der Waals surface area contributed by atoms with Crippen molar-refractivity contribution in [2.75, 3.05) is 0 Å². The van der Waals surface area contributed by atoms with Crippen LogP contribution in [0.25, 0.3) is 11.3 Å². The van der Waals surface area contributed by atoms with Crippen LogP contribution in [-0.2, 0) is 5.54 Å². The molecule has 18 heavy (non-hydrogen) atoms. The zero-order chi connectivity index (χ0) is 13.3. The quantitative estimate of drug-likeness (QED) is 0.878. The molecular weight excluding hydrogens is 289 g/mol. The highest BCUT2D eigenvalue weighted by molar-refractivity contribution is 7.20. The number of nitrogens with zero attached hydrogens (tertiary/aromatic N) is 1. The molecule has 0 bridgehead atoms. The van der Waals surface area contributed by atoms with E-state index in [4.69, 9.17) is 28.9 Å². The van der Waals surface area contributed by atoms with Crippen molar-refractivity contribution in [3.8, 4) is 11.3 Å². The Morgan fingerprint density at radius 3 is 2.78 bits per heavy atom. The van der Waals surface area contributed by atoms with E-state index < -0.39 is 5.54 Å². The average Bonchev–Trinajstić information content (AvgIpc) is 2.85. The number of hydrogen-bond donors (Lipinski definition) is 2. The van der Waals surface area contributed by atoms with E-state index in [-0.39, 0.29) is 0 Å². The van der Waals surface area contributed by atoms with Crippen LogP contribution in [0, 0.1) is 0 Å². The smallest absolute Gasteiger partial charge is 0.126 e. The van der Waals surface area contributed by atoms with Gasteiger partial charge < -0.3 is 10.7 Å². The molecule has 0 aliphatic rings. The molecule has 3 nitrogen and oxygen atoms in total. The predicted molar refractivity (Wildman–Crippen MR) is 78.4 cm³/mol. The van der Waals surface area contributed by atoms with Crippen LogP contribution in [0.2, 0.25) is 8.67 Å². The fourth-order valence-electron chi connectivity index (χ4n) is 1.91. The van der Waals surface area contributed by atoms with Crippen LogP contribution in [0.3, 0.4) is 0 Å². The lowest BCUT2D eigenvalue weighted by Crippen LogP contribution is -2.34. The number of thiophene rings is 1. The Kier molecular flexibility index (Phi) is 4.02. The summed E-state index contributed by atoms with van der Waals surface area (Å²) in [5.41, 5.74) is 7.51. The van der Waals surface area contributed by atoms with Gasteiger partial charge in [0.1, 0.15) is 10.2 Å². The van der Waals surface area contributed by atoms with E-state index in [0.29, 0.717) is 8.67 Å². The monoisotopic (exact) mass is 303 g/mol. The van der Waals surface area contributed by atoms with Crippen LogP contribution >= 0.6 is 34.5 Å². The molecule has 2 aromatic rings.